The van der Waals surface area contributed by atoms with Crippen LogP contribution in [0.25, 0.3) is 10.8 Å². The molecule has 1 heterocycles. The van der Waals surface area contributed by atoms with Crippen LogP contribution in [0.2, 0.25) is 5.02 Å². The second kappa shape index (κ2) is 9.47. The highest BCUT2D eigenvalue weighted by atomic mass is 35.5. The number of fused-ring (bicyclic) bond motifs is 1. The lowest BCUT2D eigenvalue weighted by Crippen LogP contribution is -2.38. The summed E-state index contributed by atoms with van der Waals surface area (Å²) < 4.78 is 1.66. The zero-order chi connectivity index (χ0) is 21.8. The van der Waals surface area contributed by atoms with E-state index in [-0.39, 0.29) is 11.0 Å². The average molecular weight is 468 g/mol. The number of aromatic nitrogens is 3. The summed E-state index contributed by atoms with van der Waals surface area (Å²) >= 11 is 13.1. The number of amides is 1. The Hall–Kier alpha value is -2.94. The first-order valence-corrected chi connectivity index (χ1v) is 11.2. The Labute approximate surface area is 194 Å². The molecule has 0 aliphatic rings. The summed E-state index contributed by atoms with van der Waals surface area (Å²) in [5.41, 5.74) is 4.66. The highest BCUT2D eigenvalue weighted by Crippen LogP contribution is 2.26. The molecule has 0 aliphatic heterocycles. The van der Waals surface area contributed by atoms with Gasteiger partial charge in [-0.05, 0) is 42.2 Å². The molecule has 0 aliphatic carbocycles. The predicted octanol–water partition coefficient (Wildman–Crippen LogP) is 4.94. The third-order valence-electron chi connectivity index (χ3n) is 4.56. The first kappa shape index (κ1) is 21.3. The van der Waals surface area contributed by atoms with Crippen LogP contribution in [-0.4, -0.2) is 25.9 Å². The highest BCUT2D eigenvalue weighted by molar-refractivity contribution is 7.98. The summed E-state index contributed by atoms with van der Waals surface area (Å²) in [6.07, 6.45) is 0. The number of halogens is 1. The van der Waals surface area contributed by atoms with Gasteiger partial charge in [0.15, 0.2) is 5.11 Å². The van der Waals surface area contributed by atoms with Crippen molar-refractivity contribution < 1.29 is 4.79 Å². The van der Waals surface area contributed by atoms with Crippen molar-refractivity contribution in [3.8, 4) is 0 Å². The van der Waals surface area contributed by atoms with E-state index in [0.29, 0.717) is 21.6 Å². The summed E-state index contributed by atoms with van der Waals surface area (Å²) in [5, 5.41) is 14.0. The van der Waals surface area contributed by atoms with Crippen molar-refractivity contribution in [1.29, 1.82) is 0 Å². The minimum absolute atomic E-state index is 0.147. The zero-order valence-electron chi connectivity index (χ0n) is 16.5. The number of nitrogens with one attached hydrogen (secondary N) is 2. The smallest absolute Gasteiger partial charge is 0.258 e. The molecular formula is C22H18ClN5OS2. The van der Waals surface area contributed by atoms with Gasteiger partial charge in [-0.1, -0.05) is 78.0 Å². The quantitative estimate of drug-likeness (QED) is 0.320. The van der Waals surface area contributed by atoms with Crippen molar-refractivity contribution in [3.63, 3.8) is 0 Å². The molecular weight excluding hydrogens is 450 g/mol. The maximum Gasteiger partial charge on any atom is 0.258 e. The molecule has 4 rings (SSSR count). The van der Waals surface area contributed by atoms with Gasteiger partial charge in [-0.3, -0.25) is 15.5 Å². The Bertz CT molecular complexity index is 1260. The molecule has 1 amide bonds. The van der Waals surface area contributed by atoms with Crippen molar-refractivity contribution in [2.75, 3.05) is 5.43 Å². The molecule has 1 aromatic heterocycles. The van der Waals surface area contributed by atoms with E-state index >= 15 is 0 Å². The number of carbonyl (C=O) groups excluding carboxylic acids is 1. The Morgan fingerprint density at radius 1 is 1.03 bits per heavy atom. The molecule has 2 N–H and O–H groups in total. The number of rotatable bonds is 5. The van der Waals surface area contributed by atoms with Gasteiger partial charge in [0.05, 0.1) is 0 Å². The molecule has 0 saturated carbocycles. The summed E-state index contributed by atoms with van der Waals surface area (Å²) in [5.74, 6) is 1.04. The fourth-order valence-electron chi connectivity index (χ4n) is 3.06. The molecule has 0 saturated heterocycles. The topological polar surface area (TPSA) is 71.8 Å². The normalized spacial score (nSPS) is 10.8. The van der Waals surface area contributed by atoms with Gasteiger partial charge in [-0.15, -0.1) is 10.2 Å². The number of aryl methyl sites for hydroxylation is 1. The SMILES string of the molecule is Cc1nnc(SCc2ccccc2)n1NC(=S)NC(=O)c1cccc2c(Cl)cccc12. The van der Waals surface area contributed by atoms with Crippen molar-refractivity contribution in [1.82, 2.24) is 20.2 Å². The minimum atomic E-state index is -0.324. The summed E-state index contributed by atoms with van der Waals surface area (Å²) in [7, 11) is 0. The second-order valence-corrected chi connectivity index (χ2v) is 8.43. The molecule has 0 unspecified atom stereocenters. The van der Waals surface area contributed by atoms with Crippen molar-refractivity contribution >= 4 is 57.4 Å². The lowest BCUT2D eigenvalue weighted by atomic mass is 10.0. The number of carbonyl (C=O) groups is 1. The minimum Gasteiger partial charge on any atom is -0.298 e. The van der Waals surface area contributed by atoms with Crippen LogP contribution in [0.4, 0.5) is 0 Å². The van der Waals surface area contributed by atoms with Crippen LogP contribution in [0, 0.1) is 6.92 Å². The van der Waals surface area contributed by atoms with E-state index in [1.54, 1.807) is 22.9 Å². The van der Waals surface area contributed by atoms with Gasteiger partial charge in [0.2, 0.25) is 5.16 Å². The van der Waals surface area contributed by atoms with Crippen LogP contribution in [0.1, 0.15) is 21.7 Å². The van der Waals surface area contributed by atoms with Crippen LogP contribution in [0.3, 0.4) is 0 Å². The summed E-state index contributed by atoms with van der Waals surface area (Å²) in [6.45, 7) is 1.81. The van der Waals surface area contributed by atoms with Crippen LogP contribution in [0.5, 0.6) is 0 Å². The van der Waals surface area contributed by atoms with Crippen LogP contribution in [-0.2, 0) is 5.75 Å². The second-order valence-electron chi connectivity index (χ2n) is 6.68. The molecule has 0 bridgehead atoms. The summed E-state index contributed by atoms with van der Waals surface area (Å²) in [4.78, 5) is 12.9. The van der Waals surface area contributed by atoms with E-state index in [4.69, 9.17) is 23.8 Å². The monoisotopic (exact) mass is 467 g/mol. The zero-order valence-corrected chi connectivity index (χ0v) is 18.9. The number of thioether (sulfide) groups is 1. The summed E-state index contributed by atoms with van der Waals surface area (Å²) in [6, 6.07) is 20.9. The Kier molecular flexibility index (Phi) is 6.50. The maximum atomic E-state index is 12.9. The fraction of sp³-hybridized carbons (Fsp3) is 0.0909. The van der Waals surface area contributed by atoms with E-state index in [1.807, 2.05) is 43.3 Å². The van der Waals surface area contributed by atoms with Gasteiger partial charge in [-0.25, -0.2) is 4.68 Å². The molecule has 0 fully saturated rings. The van der Waals surface area contributed by atoms with Crippen LogP contribution in [0.15, 0.2) is 71.9 Å². The lowest BCUT2D eigenvalue weighted by Gasteiger charge is -2.14. The van der Waals surface area contributed by atoms with Gasteiger partial charge in [0.25, 0.3) is 5.91 Å². The maximum absolute atomic E-state index is 12.9. The van der Waals surface area contributed by atoms with Gasteiger partial charge in [0.1, 0.15) is 5.82 Å². The van der Waals surface area contributed by atoms with E-state index in [2.05, 4.69) is 33.1 Å². The molecule has 3 aromatic carbocycles. The van der Waals surface area contributed by atoms with Crippen LogP contribution < -0.4 is 10.7 Å². The number of benzene rings is 3. The molecule has 31 heavy (non-hydrogen) atoms. The molecule has 0 radical (unpaired) electrons. The first-order chi connectivity index (χ1) is 15.0. The largest absolute Gasteiger partial charge is 0.298 e. The van der Waals surface area contributed by atoms with E-state index < -0.39 is 0 Å². The van der Waals surface area contributed by atoms with Crippen molar-refractivity contribution in [2.45, 2.75) is 17.8 Å². The van der Waals surface area contributed by atoms with Gasteiger partial charge >= 0.3 is 0 Å². The molecule has 0 atom stereocenters. The number of hydrogen-bond acceptors (Lipinski definition) is 5. The van der Waals surface area contributed by atoms with Gasteiger partial charge in [-0.2, -0.15) is 0 Å². The highest BCUT2D eigenvalue weighted by Gasteiger charge is 2.15. The lowest BCUT2D eigenvalue weighted by molar-refractivity contribution is 0.0979. The first-order valence-electron chi connectivity index (χ1n) is 9.41. The molecule has 0 spiro atoms. The fourth-order valence-corrected chi connectivity index (χ4v) is 4.37. The van der Waals surface area contributed by atoms with Crippen LogP contribution >= 0.6 is 35.6 Å². The standard InChI is InChI=1S/C22H18ClN5OS2/c1-14-25-26-22(31-13-15-7-3-2-4-8-15)28(14)27-21(30)24-20(29)18-11-5-10-17-16(18)9-6-12-19(17)23/h2-12H,13H2,1H3,(H2,24,27,29,30). The van der Waals surface area contributed by atoms with Crippen molar-refractivity contribution in [3.05, 3.63) is 88.7 Å². The van der Waals surface area contributed by atoms with E-state index in [0.717, 1.165) is 16.5 Å². The van der Waals surface area contributed by atoms with E-state index in [1.165, 1.54) is 17.3 Å². The molecule has 4 aromatic rings. The average Bonchev–Trinajstić information content (AvgIpc) is 3.12. The Balaban J connectivity index is 1.47. The third-order valence-corrected chi connectivity index (χ3v) is 6.08. The Morgan fingerprint density at radius 3 is 2.58 bits per heavy atom. The number of nitrogens with zero attached hydrogens (tertiary/aromatic N) is 3. The third kappa shape index (κ3) is 4.87. The van der Waals surface area contributed by atoms with Gasteiger partial charge in [0, 0.05) is 21.7 Å². The number of thiocarbonyl (C=S) groups is 1. The molecule has 156 valence electrons. The Morgan fingerprint density at radius 2 is 1.77 bits per heavy atom. The number of hydrogen-bond donors (Lipinski definition) is 2. The molecule has 9 heteroatoms. The van der Waals surface area contributed by atoms with Gasteiger partial charge < -0.3 is 0 Å². The predicted molar refractivity (Wildman–Crippen MR) is 129 cm³/mol. The molecule has 6 nitrogen and oxygen atoms in total. The van der Waals surface area contributed by atoms with Crippen molar-refractivity contribution in [2.24, 2.45) is 0 Å². The van der Waals surface area contributed by atoms with E-state index in [9.17, 15) is 4.79 Å².